The molecule has 8 heteroatoms. The molecule has 4 rings (SSSR count). The number of ketones is 2. The van der Waals surface area contributed by atoms with Crippen molar-refractivity contribution in [3.8, 4) is 0 Å². The first-order valence-corrected chi connectivity index (χ1v) is 16.6. The molecule has 4 saturated carbocycles. The van der Waals surface area contributed by atoms with E-state index in [1.54, 1.807) is 0 Å². The number of carbonyl (C=O) groups is 2. The Labute approximate surface area is 249 Å². The summed E-state index contributed by atoms with van der Waals surface area (Å²) in [6.45, 7) is 4.01. The summed E-state index contributed by atoms with van der Waals surface area (Å²) < 4.78 is -2.26. The van der Waals surface area contributed by atoms with Gasteiger partial charge in [-0.15, -0.1) is 0 Å². The van der Waals surface area contributed by atoms with Gasteiger partial charge >= 0.3 is 0 Å². The normalized spacial score (nSPS) is 34.5. The van der Waals surface area contributed by atoms with Crippen molar-refractivity contribution in [1.82, 2.24) is 0 Å². The van der Waals surface area contributed by atoms with Crippen molar-refractivity contribution >= 4 is 58.0 Å². The second kappa shape index (κ2) is 14.5. The molecular weight excluding hydrogens is 566 g/mol. The molecule has 4 aliphatic carbocycles. The molecule has 4 nitrogen and oxygen atoms in total. The molecule has 38 heavy (non-hydrogen) atoms. The number of hydrogen-bond donors (Lipinski definition) is 2. The van der Waals surface area contributed by atoms with Crippen molar-refractivity contribution in [3.63, 3.8) is 0 Å². The molecule has 8 atom stereocenters. The minimum Gasteiger partial charge on any atom is -0.393 e. The van der Waals surface area contributed by atoms with Crippen LogP contribution in [0.3, 0.4) is 0 Å². The highest BCUT2D eigenvalue weighted by Gasteiger charge is 2.58. The lowest BCUT2D eigenvalue weighted by Crippen LogP contribution is -2.31. The maximum absolute atomic E-state index is 11.8. The van der Waals surface area contributed by atoms with E-state index in [1.807, 2.05) is 13.8 Å². The van der Waals surface area contributed by atoms with Crippen LogP contribution in [0.25, 0.3) is 0 Å². The highest BCUT2D eigenvalue weighted by molar-refractivity contribution is 6.59. The first-order valence-electron chi connectivity index (χ1n) is 15.1. The number of carbonyl (C=O) groups excluding carboxylic acids is 2. The van der Waals surface area contributed by atoms with Crippen LogP contribution >= 0.6 is 46.4 Å². The smallest absolute Gasteiger partial charge is 0.179 e. The topological polar surface area (TPSA) is 74.6 Å². The third-order valence-corrected chi connectivity index (χ3v) is 11.8. The number of rotatable bonds is 12. The van der Waals surface area contributed by atoms with Crippen molar-refractivity contribution < 1.29 is 19.8 Å². The van der Waals surface area contributed by atoms with E-state index in [0.717, 1.165) is 89.9 Å². The molecule has 0 spiro atoms. The summed E-state index contributed by atoms with van der Waals surface area (Å²) >= 11 is 25.1. The van der Waals surface area contributed by atoms with Gasteiger partial charge < -0.3 is 10.2 Å². The van der Waals surface area contributed by atoms with E-state index in [9.17, 15) is 19.8 Å². The van der Waals surface area contributed by atoms with E-state index >= 15 is 0 Å². The molecule has 0 aliphatic heterocycles. The van der Waals surface area contributed by atoms with Crippen LogP contribution < -0.4 is 0 Å². The number of fused-ring (bicyclic) bond motifs is 2. The van der Waals surface area contributed by atoms with Gasteiger partial charge in [-0.25, -0.2) is 0 Å². The molecule has 0 radical (unpaired) electrons. The predicted molar refractivity (Wildman–Crippen MR) is 157 cm³/mol. The Hall–Kier alpha value is 0.420. The summed E-state index contributed by atoms with van der Waals surface area (Å²) in [6.07, 6.45) is 15.2. The third-order valence-electron chi connectivity index (χ3n) is 9.99. The number of hydrogen-bond acceptors (Lipinski definition) is 4. The van der Waals surface area contributed by atoms with Crippen molar-refractivity contribution in [1.29, 1.82) is 0 Å². The molecule has 0 bridgehead atoms. The van der Waals surface area contributed by atoms with Crippen LogP contribution in [-0.4, -0.2) is 42.7 Å². The molecule has 0 aromatic heterocycles. The van der Waals surface area contributed by atoms with Crippen molar-refractivity contribution in [2.75, 3.05) is 0 Å². The summed E-state index contributed by atoms with van der Waals surface area (Å²) in [4.78, 5) is 23.6. The number of aliphatic hydroxyl groups is 2. The molecule has 4 aliphatic rings. The molecule has 0 saturated heterocycles. The quantitative estimate of drug-likeness (QED) is 0.172. The third kappa shape index (κ3) is 7.82. The first-order chi connectivity index (χ1) is 17.9. The van der Waals surface area contributed by atoms with Gasteiger partial charge in [0.1, 0.15) is 0 Å². The summed E-state index contributed by atoms with van der Waals surface area (Å²) in [5.74, 6) is 2.19. The molecule has 0 aromatic rings. The highest BCUT2D eigenvalue weighted by atomic mass is 35.5. The monoisotopic (exact) mass is 612 g/mol. The fourth-order valence-corrected chi connectivity index (χ4v) is 9.47. The van der Waals surface area contributed by atoms with Gasteiger partial charge in [0, 0.05) is 24.7 Å². The Kier molecular flexibility index (Phi) is 12.6. The standard InChI is InChI=1S/2C15H24Cl2O2/c2*1-2-12(18)6-4-3-5-10-7-8-11-9-13(19)15(16,17)14(10)11/h2*10-12,14,18H,2-9H2,1H3. The predicted octanol–water partition coefficient (Wildman–Crippen LogP) is 8.21. The number of unbranched alkanes of at least 4 members (excludes halogenated alkanes) is 2. The van der Waals surface area contributed by atoms with Gasteiger partial charge in [-0.3, -0.25) is 9.59 Å². The lowest BCUT2D eigenvalue weighted by atomic mass is 9.87. The van der Waals surface area contributed by atoms with Crippen LogP contribution in [-0.2, 0) is 9.59 Å². The second-order valence-corrected chi connectivity index (χ2v) is 15.2. The van der Waals surface area contributed by atoms with Crippen LogP contribution in [0.1, 0.15) is 117 Å². The number of halogens is 4. The maximum atomic E-state index is 11.8. The maximum Gasteiger partial charge on any atom is 0.179 e. The molecular formula is C30H48Cl4O4. The van der Waals surface area contributed by atoms with Crippen molar-refractivity contribution in [2.45, 2.75) is 137 Å². The Morgan fingerprint density at radius 3 is 1.39 bits per heavy atom. The van der Waals surface area contributed by atoms with E-state index in [0.29, 0.717) is 36.5 Å². The van der Waals surface area contributed by atoms with Crippen LogP contribution in [0.15, 0.2) is 0 Å². The fourth-order valence-electron chi connectivity index (χ4n) is 7.74. The van der Waals surface area contributed by atoms with Crippen LogP contribution in [0, 0.1) is 35.5 Å². The van der Waals surface area contributed by atoms with E-state index < -0.39 is 8.67 Å². The van der Waals surface area contributed by atoms with Gasteiger partial charge in [-0.2, -0.15) is 0 Å². The molecule has 4 fully saturated rings. The summed E-state index contributed by atoms with van der Waals surface area (Å²) in [5.41, 5.74) is 0. The van der Waals surface area contributed by atoms with Crippen LogP contribution in [0.4, 0.5) is 0 Å². The second-order valence-electron chi connectivity index (χ2n) is 12.4. The Morgan fingerprint density at radius 1 is 0.684 bits per heavy atom. The average molecular weight is 615 g/mol. The lowest BCUT2D eigenvalue weighted by Gasteiger charge is -2.26. The van der Waals surface area contributed by atoms with Gasteiger partial charge in [0.25, 0.3) is 0 Å². The van der Waals surface area contributed by atoms with E-state index in [4.69, 9.17) is 46.4 Å². The first kappa shape index (κ1) is 32.9. The minimum atomic E-state index is -1.13. The SMILES string of the molecule is CCC(O)CCCCC1CCC2CC(=O)C(Cl)(Cl)C12.CCC(O)CCCCC1CCC2CC(=O)C(Cl)(Cl)C12. The minimum absolute atomic E-state index is 0.0249. The summed E-state index contributed by atoms with van der Waals surface area (Å²) in [5, 5.41) is 19.1. The largest absolute Gasteiger partial charge is 0.393 e. The molecule has 220 valence electrons. The zero-order chi connectivity index (χ0) is 28.1. The summed E-state index contributed by atoms with van der Waals surface area (Å²) in [6, 6.07) is 0. The average Bonchev–Trinajstić information content (AvgIpc) is 3.58. The zero-order valence-corrected chi connectivity index (χ0v) is 26.2. The van der Waals surface area contributed by atoms with Crippen molar-refractivity contribution in [3.05, 3.63) is 0 Å². The Morgan fingerprint density at radius 2 is 1.05 bits per heavy atom. The highest BCUT2D eigenvalue weighted by Crippen LogP contribution is 2.58. The summed E-state index contributed by atoms with van der Waals surface area (Å²) in [7, 11) is 0. The zero-order valence-electron chi connectivity index (χ0n) is 23.2. The Balaban J connectivity index is 0.000000211. The molecule has 0 aromatic carbocycles. The Bertz CT molecular complexity index is 724. The van der Waals surface area contributed by atoms with E-state index in [-0.39, 0.29) is 35.6 Å². The van der Waals surface area contributed by atoms with Crippen LogP contribution in [0.2, 0.25) is 0 Å². The molecule has 0 heterocycles. The lowest BCUT2D eigenvalue weighted by molar-refractivity contribution is -0.119. The fraction of sp³-hybridized carbons (Fsp3) is 0.933. The molecule has 0 amide bonds. The van der Waals surface area contributed by atoms with Crippen molar-refractivity contribution in [2.24, 2.45) is 35.5 Å². The molecule has 8 unspecified atom stereocenters. The van der Waals surface area contributed by atoms with Gasteiger partial charge in [0.15, 0.2) is 20.2 Å². The van der Waals surface area contributed by atoms with Crippen LogP contribution in [0.5, 0.6) is 0 Å². The van der Waals surface area contributed by atoms with Gasteiger partial charge in [0.2, 0.25) is 0 Å². The van der Waals surface area contributed by atoms with Gasteiger partial charge in [-0.05, 0) is 75.0 Å². The number of Topliss-reactive ketones (excluding diaryl/α,β-unsaturated/α-hetero) is 2. The number of alkyl halides is 4. The van der Waals surface area contributed by atoms with E-state index in [2.05, 4.69) is 0 Å². The van der Waals surface area contributed by atoms with Gasteiger partial charge in [0.05, 0.1) is 12.2 Å². The van der Waals surface area contributed by atoms with Gasteiger partial charge in [-0.1, -0.05) is 98.8 Å². The molecule has 2 N–H and O–H groups in total. The van der Waals surface area contributed by atoms with E-state index in [1.165, 1.54) is 0 Å². The number of aliphatic hydroxyl groups excluding tert-OH is 2.